The van der Waals surface area contributed by atoms with Crippen LogP contribution in [0.2, 0.25) is 0 Å². The van der Waals surface area contributed by atoms with Gasteiger partial charge in [-0.15, -0.1) is 0 Å². The maximum absolute atomic E-state index is 9.52. The molecule has 2 heterocycles. The first-order valence-corrected chi connectivity index (χ1v) is 9.37. The third-order valence-electron chi connectivity index (χ3n) is 5.61. The first-order chi connectivity index (χ1) is 12.7. The molecule has 27 heavy (non-hydrogen) atoms. The Morgan fingerprint density at radius 2 is 1.89 bits per heavy atom. The second-order valence-corrected chi connectivity index (χ2v) is 8.46. The molecule has 2 aromatic carbocycles. The van der Waals surface area contributed by atoms with Crippen molar-refractivity contribution in [3.8, 4) is 28.8 Å². The minimum Gasteiger partial charge on any atom is -0.449 e. The lowest BCUT2D eigenvalue weighted by Crippen LogP contribution is -2.33. The van der Waals surface area contributed by atoms with E-state index in [1.54, 1.807) is 0 Å². The zero-order chi connectivity index (χ0) is 19.5. The molecule has 1 aromatic heterocycles. The Kier molecular flexibility index (Phi) is 3.78. The Morgan fingerprint density at radius 3 is 2.59 bits per heavy atom. The van der Waals surface area contributed by atoms with Crippen molar-refractivity contribution >= 4 is 10.8 Å². The van der Waals surface area contributed by atoms with E-state index in [0.717, 1.165) is 22.8 Å². The van der Waals surface area contributed by atoms with Gasteiger partial charge >= 0.3 is 0 Å². The van der Waals surface area contributed by atoms with Crippen LogP contribution in [-0.2, 0) is 13.5 Å². The summed E-state index contributed by atoms with van der Waals surface area (Å²) in [6.07, 6.45) is 2.74. The normalized spacial score (nSPS) is 12.5. The highest BCUT2D eigenvalue weighted by molar-refractivity contribution is 6.05. The lowest BCUT2D eigenvalue weighted by molar-refractivity contribution is -0.660. The van der Waals surface area contributed by atoms with E-state index in [1.807, 2.05) is 13.8 Å². The number of pyridine rings is 1. The van der Waals surface area contributed by atoms with Crippen LogP contribution >= 0.6 is 0 Å². The summed E-state index contributed by atoms with van der Waals surface area (Å²) < 4.78 is 8.64. The number of hydrogen-bond donors (Lipinski definition) is 0. The number of ether oxygens (including phenoxy) is 1. The molecule has 0 saturated carbocycles. The van der Waals surface area contributed by atoms with Crippen LogP contribution in [0.25, 0.3) is 22.0 Å². The quantitative estimate of drug-likeness (QED) is 0.447. The Bertz CT molecular complexity index is 1150. The zero-order valence-corrected chi connectivity index (χ0v) is 16.9. The van der Waals surface area contributed by atoms with Crippen molar-refractivity contribution in [2.24, 2.45) is 12.5 Å². The van der Waals surface area contributed by atoms with Gasteiger partial charge in [-0.2, -0.15) is 9.83 Å². The molecule has 1 aliphatic rings. The molecule has 1 aliphatic heterocycles. The van der Waals surface area contributed by atoms with Crippen LogP contribution in [0.3, 0.4) is 0 Å². The van der Waals surface area contributed by atoms with Crippen LogP contribution in [0.4, 0.5) is 0 Å². The van der Waals surface area contributed by atoms with Gasteiger partial charge in [0.2, 0.25) is 5.75 Å². The molecule has 0 radical (unpaired) electrons. The summed E-state index contributed by atoms with van der Waals surface area (Å²) >= 11 is 0. The molecule has 0 amide bonds. The maximum Gasteiger partial charge on any atom is 0.256 e. The smallest absolute Gasteiger partial charge is 0.256 e. The highest BCUT2D eigenvalue weighted by Crippen LogP contribution is 2.49. The SMILES string of the molecule is Cc1cc2c3c(c(C)c(C)cc3c1)-c1c(c(CC(C)(C)C#N)cc[n+]1C)O2. The van der Waals surface area contributed by atoms with Gasteiger partial charge in [-0.05, 0) is 69.2 Å². The van der Waals surface area contributed by atoms with Gasteiger partial charge in [0.15, 0.2) is 6.20 Å². The number of nitrogens with zero attached hydrogens (tertiary/aromatic N) is 2. The van der Waals surface area contributed by atoms with Crippen molar-refractivity contribution < 1.29 is 9.30 Å². The number of fused-ring (bicyclic) bond motifs is 2. The number of rotatable bonds is 2. The zero-order valence-electron chi connectivity index (χ0n) is 16.9. The average Bonchev–Trinajstić information content (AvgIpc) is 2.60. The molecule has 3 heteroatoms. The molecule has 0 atom stereocenters. The largest absolute Gasteiger partial charge is 0.449 e. The molecule has 3 nitrogen and oxygen atoms in total. The number of hydrogen-bond acceptors (Lipinski definition) is 2. The monoisotopic (exact) mass is 357 g/mol. The Labute approximate surface area is 160 Å². The van der Waals surface area contributed by atoms with E-state index < -0.39 is 5.41 Å². The van der Waals surface area contributed by atoms with Crippen molar-refractivity contribution in [3.63, 3.8) is 0 Å². The van der Waals surface area contributed by atoms with Crippen LogP contribution in [0.1, 0.15) is 36.1 Å². The molecule has 0 saturated heterocycles. The van der Waals surface area contributed by atoms with Gasteiger partial charge in [0.25, 0.3) is 5.69 Å². The fourth-order valence-corrected chi connectivity index (χ4v) is 4.10. The van der Waals surface area contributed by atoms with Crippen LogP contribution in [-0.4, -0.2) is 0 Å². The van der Waals surface area contributed by atoms with Crippen LogP contribution in [0.15, 0.2) is 30.5 Å². The molecule has 136 valence electrons. The van der Waals surface area contributed by atoms with Crippen molar-refractivity contribution in [2.45, 2.75) is 41.0 Å². The predicted octanol–water partition coefficient (Wildman–Crippen LogP) is 5.45. The van der Waals surface area contributed by atoms with Gasteiger partial charge in [0.1, 0.15) is 12.8 Å². The van der Waals surface area contributed by atoms with Crippen LogP contribution < -0.4 is 9.30 Å². The van der Waals surface area contributed by atoms with E-state index in [2.05, 4.69) is 68.9 Å². The van der Waals surface area contributed by atoms with Crippen LogP contribution in [0.5, 0.6) is 11.5 Å². The molecule has 0 aliphatic carbocycles. The molecular weight excluding hydrogens is 332 g/mol. The minimum atomic E-state index is -0.444. The summed E-state index contributed by atoms with van der Waals surface area (Å²) in [6.45, 7) is 10.4. The van der Waals surface area contributed by atoms with E-state index in [9.17, 15) is 5.26 Å². The van der Waals surface area contributed by atoms with Crippen molar-refractivity contribution in [3.05, 3.63) is 52.7 Å². The van der Waals surface area contributed by atoms with Gasteiger partial charge in [-0.25, -0.2) is 0 Å². The third-order valence-corrected chi connectivity index (χ3v) is 5.61. The molecule has 4 rings (SSSR count). The molecule has 0 bridgehead atoms. The summed E-state index contributed by atoms with van der Waals surface area (Å²) in [6, 6.07) is 11.1. The second kappa shape index (κ2) is 5.82. The van der Waals surface area contributed by atoms with Crippen molar-refractivity contribution in [2.75, 3.05) is 0 Å². The first kappa shape index (κ1) is 17.5. The summed E-state index contributed by atoms with van der Waals surface area (Å²) in [7, 11) is 2.06. The maximum atomic E-state index is 9.52. The Hall–Kier alpha value is -2.86. The third kappa shape index (κ3) is 2.68. The van der Waals surface area contributed by atoms with E-state index in [1.165, 1.54) is 33.0 Å². The number of aromatic nitrogens is 1. The van der Waals surface area contributed by atoms with Gasteiger partial charge in [0, 0.05) is 17.0 Å². The molecule has 0 unspecified atom stereocenters. The van der Waals surface area contributed by atoms with E-state index >= 15 is 0 Å². The van der Waals surface area contributed by atoms with E-state index in [-0.39, 0.29) is 0 Å². The Balaban J connectivity index is 2.10. The summed E-state index contributed by atoms with van der Waals surface area (Å²) in [5, 5.41) is 11.9. The highest BCUT2D eigenvalue weighted by atomic mass is 16.5. The van der Waals surface area contributed by atoms with Gasteiger partial charge in [0.05, 0.1) is 17.0 Å². The van der Waals surface area contributed by atoms with Crippen molar-refractivity contribution in [1.82, 2.24) is 0 Å². The van der Waals surface area contributed by atoms with Gasteiger partial charge < -0.3 is 4.74 Å². The molecule has 0 fully saturated rings. The Morgan fingerprint density at radius 1 is 1.15 bits per heavy atom. The molecule has 3 aromatic rings. The average molecular weight is 357 g/mol. The fourth-order valence-electron chi connectivity index (χ4n) is 4.10. The molecular formula is C24H25N2O+. The van der Waals surface area contributed by atoms with E-state index in [4.69, 9.17) is 4.74 Å². The van der Waals surface area contributed by atoms with Crippen molar-refractivity contribution in [1.29, 1.82) is 5.26 Å². The lowest BCUT2D eigenvalue weighted by Gasteiger charge is -2.25. The predicted molar refractivity (Wildman–Crippen MR) is 108 cm³/mol. The molecule has 0 N–H and O–H groups in total. The van der Waals surface area contributed by atoms with Gasteiger partial charge in [-0.1, -0.05) is 12.1 Å². The lowest BCUT2D eigenvalue weighted by atomic mass is 9.85. The summed E-state index contributed by atoms with van der Waals surface area (Å²) in [5.74, 6) is 1.80. The highest BCUT2D eigenvalue weighted by Gasteiger charge is 2.33. The molecule has 0 spiro atoms. The fraction of sp³-hybridized carbons (Fsp3) is 0.333. The number of nitriles is 1. The second-order valence-electron chi connectivity index (χ2n) is 8.46. The standard InChI is InChI=1S/C24H25N2O/c1-14-9-18-11-15(2)16(3)20-21(18)19(10-14)27-23-17(12-24(4,5)13-25)7-8-26(6)22(20)23/h7-11H,12H2,1-6H3/q+1. The summed E-state index contributed by atoms with van der Waals surface area (Å²) in [4.78, 5) is 0. The van der Waals surface area contributed by atoms with Crippen LogP contribution in [0, 0.1) is 37.5 Å². The topological polar surface area (TPSA) is 36.9 Å². The van der Waals surface area contributed by atoms with Gasteiger partial charge in [-0.3, -0.25) is 0 Å². The first-order valence-electron chi connectivity index (χ1n) is 9.37. The van der Waals surface area contributed by atoms with E-state index in [0.29, 0.717) is 6.42 Å². The number of aryl methyl sites for hydroxylation is 3. The number of benzene rings is 2. The minimum absolute atomic E-state index is 0.444. The summed E-state index contributed by atoms with van der Waals surface area (Å²) in [5.41, 5.74) is 6.74.